The van der Waals surface area contributed by atoms with Crippen LogP contribution in [0.1, 0.15) is 438 Å². The van der Waals surface area contributed by atoms with Gasteiger partial charge < -0.3 is 20.3 Å². The van der Waals surface area contributed by atoms with Crippen molar-refractivity contribution >= 4 is 11.9 Å². The van der Waals surface area contributed by atoms with E-state index in [0.29, 0.717) is 19.4 Å². The minimum Gasteiger partial charge on any atom is -0.466 e. The predicted octanol–water partition coefficient (Wildman–Crippen LogP) is 24.7. The molecule has 6 heteroatoms. The van der Waals surface area contributed by atoms with E-state index in [1.165, 1.54) is 372 Å². The van der Waals surface area contributed by atoms with E-state index in [1.807, 2.05) is 6.08 Å². The molecule has 3 N–H and O–H groups in total. The van der Waals surface area contributed by atoms with Gasteiger partial charge in [-0.2, -0.15) is 0 Å². The first-order valence-electron chi connectivity index (χ1n) is 38.0. The summed E-state index contributed by atoms with van der Waals surface area (Å²) in [6.45, 7) is 4.95. The van der Waals surface area contributed by atoms with E-state index in [1.54, 1.807) is 6.08 Å². The Balaban J connectivity index is 3.34. The molecule has 0 radical (unpaired) electrons. The van der Waals surface area contributed by atoms with Gasteiger partial charge in [-0.25, -0.2) is 0 Å². The highest BCUT2D eigenvalue weighted by Gasteiger charge is 2.18. The predicted molar refractivity (Wildman–Crippen MR) is 361 cm³/mol. The Bertz CT molecular complexity index is 1240. The summed E-state index contributed by atoms with van der Waals surface area (Å²) < 4.78 is 5.48. The fraction of sp³-hybridized carbons (Fsp3) is 0.947. The third kappa shape index (κ3) is 67.7. The fourth-order valence-electron chi connectivity index (χ4n) is 12.3. The van der Waals surface area contributed by atoms with E-state index in [4.69, 9.17) is 4.74 Å². The minimum atomic E-state index is -0.841. The summed E-state index contributed by atoms with van der Waals surface area (Å²) in [6.07, 6.45) is 90.4. The van der Waals surface area contributed by atoms with E-state index in [-0.39, 0.29) is 18.5 Å². The largest absolute Gasteiger partial charge is 0.466 e. The quantitative estimate of drug-likeness (QED) is 0.0320. The monoisotopic (exact) mass is 1160 g/mol. The van der Waals surface area contributed by atoms with Crippen LogP contribution in [0.3, 0.4) is 0 Å². The first-order valence-corrected chi connectivity index (χ1v) is 38.0. The van der Waals surface area contributed by atoms with Crippen molar-refractivity contribution in [3.8, 4) is 0 Å². The van der Waals surface area contributed by atoms with Crippen molar-refractivity contribution in [3.05, 3.63) is 12.2 Å². The number of hydrogen-bond donors (Lipinski definition) is 3. The second-order valence-corrected chi connectivity index (χ2v) is 26.4. The number of allylic oxidation sites excluding steroid dienone is 1. The number of carbonyl (C=O) groups is 2. The van der Waals surface area contributed by atoms with Gasteiger partial charge in [0.1, 0.15) is 0 Å². The molecule has 488 valence electrons. The zero-order valence-corrected chi connectivity index (χ0v) is 56.0. The van der Waals surface area contributed by atoms with Gasteiger partial charge in [-0.15, -0.1) is 0 Å². The maximum Gasteiger partial charge on any atom is 0.305 e. The topological polar surface area (TPSA) is 95.9 Å². The number of esters is 1. The van der Waals surface area contributed by atoms with Crippen LogP contribution >= 0.6 is 0 Å². The number of carbonyl (C=O) groups excluding carboxylic acids is 2. The maximum absolute atomic E-state index is 12.5. The molecule has 0 heterocycles. The van der Waals surface area contributed by atoms with Gasteiger partial charge in [0.2, 0.25) is 5.91 Å². The molecule has 0 bridgehead atoms. The molecule has 1 amide bonds. The molecule has 0 fully saturated rings. The molecule has 0 aliphatic rings. The van der Waals surface area contributed by atoms with Crippen molar-refractivity contribution in [3.63, 3.8) is 0 Å². The lowest BCUT2D eigenvalue weighted by molar-refractivity contribution is -0.143. The smallest absolute Gasteiger partial charge is 0.305 e. The molecule has 2 unspecified atom stereocenters. The molecule has 0 aliphatic heterocycles. The normalized spacial score (nSPS) is 12.5. The summed E-state index contributed by atoms with van der Waals surface area (Å²) in [7, 11) is 0. The van der Waals surface area contributed by atoms with Crippen LogP contribution in [0.15, 0.2) is 12.2 Å². The Morgan fingerprint density at radius 2 is 0.561 bits per heavy atom. The van der Waals surface area contributed by atoms with Crippen LogP contribution in [-0.2, 0) is 14.3 Å². The Kier molecular flexibility index (Phi) is 70.8. The highest BCUT2D eigenvalue weighted by Crippen LogP contribution is 2.20. The molecule has 0 saturated carbocycles. The zero-order chi connectivity index (χ0) is 59.2. The van der Waals surface area contributed by atoms with Crippen LogP contribution in [0.25, 0.3) is 0 Å². The van der Waals surface area contributed by atoms with Crippen molar-refractivity contribution in [1.29, 1.82) is 0 Å². The summed E-state index contributed by atoms with van der Waals surface area (Å²) in [5.74, 6) is -0.0360. The number of nitrogens with one attached hydrogen (secondary N) is 1. The first kappa shape index (κ1) is 80.6. The van der Waals surface area contributed by atoms with Gasteiger partial charge in [0.05, 0.1) is 25.4 Å². The molecule has 6 nitrogen and oxygen atoms in total. The van der Waals surface area contributed by atoms with E-state index < -0.39 is 12.1 Å². The Morgan fingerprint density at radius 3 is 0.829 bits per heavy atom. The van der Waals surface area contributed by atoms with E-state index in [0.717, 1.165) is 38.5 Å². The van der Waals surface area contributed by atoms with Gasteiger partial charge in [0.15, 0.2) is 0 Å². The van der Waals surface area contributed by atoms with Gasteiger partial charge >= 0.3 is 5.97 Å². The number of hydrogen-bond acceptors (Lipinski definition) is 5. The minimum absolute atomic E-state index is 0.0221. The van der Waals surface area contributed by atoms with Crippen LogP contribution in [-0.4, -0.2) is 47.4 Å². The molecular weight excluding hydrogens is 1010 g/mol. The number of rotatable bonds is 72. The second-order valence-electron chi connectivity index (χ2n) is 26.4. The number of ether oxygens (including phenoxy) is 1. The van der Waals surface area contributed by atoms with Crippen molar-refractivity contribution in [2.45, 2.75) is 450 Å². The first-order chi connectivity index (χ1) is 40.5. The second kappa shape index (κ2) is 72.1. The van der Waals surface area contributed by atoms with Gasteiger partial charge in [0.25, 0.3) is 0 Å². The molecule has 0 aromatic rings. The summed E-state index contributed by atoms with van der Waals surface area (Å²) in [6, 6.07) is -0.624. The maximum atomic E-state index is 12.5. The van der Waals surface area contributed by atoms with Gasteiger partial charge in [-0.1, -0.05) is 405 Å². The van der Waals surface area contributed by atoms with Crippen molar-refractivity contribution in [2.75, 3.05) is 13.2 Å². The van der Waals surface area contributed by atoms with E-state index in [9.17, 15) is 19.8 Å². The van der Waals surface area contributed by atoms with Crippen LogP contribution in [0.4, 0.5) is 0 Å². The third-order valence-electron chi connectivity index (χ3n) is 18.1. The lowest BCUT2D eigenvalue weighted by Gasteiger charge is -2.20. The molecule has 82 heavy (non-hydrogen) atoms. The number of aliphatic hydroxyl groups is 2. The Morgan fingerprint density at radius 1 is 0.329 bits per heavy atom. The van der Waals surface area contributed by atoms with Crippen LogP contribution in [0, 0.1) is 0 Å². The van der Waals surface area contributed by atoms with Crippen molar-refractivity contribution in [2.24, 2.45) is 0 Å². The third-order valence-corrected chi connectivity index (χ3v) is 18.1. The van der Waals surface area contributed by atoms with Crippen LogP contribution < -0.4 is 5.32 Å². The summed E-state index contributed by atoms with van der Waals surface area (Å²) >= 11 is 0. The lowest BCUT2D eigenvalue weighted by Crippen LogP contribution is -2.45. The number of amides is 1. The molecule has 0 aromatic heterocycles. The SMILES string of the molecule is CCCCCCCCCCCCCCCCCCCCC/C=C/C(O)C(CO)NC(=O)CCCCCCCCCCCCCCCCCCCCCCCCCCCCCCCCCCCOC(=O)CCCCCCCCCCCCC. The van der Waals surface area contributed by atoms with Gasteiger partial charge in [-0.05, 0) is 32.1 Å². The molecule has 0 aromatic carbocycles. The molecule has 0 spiro atoms. The molecule has 0 rings (SSSR count). The molecular formula is C76H149NO5. The average Bonchev–Trinajstić information content (AvgIpc) is 3.48. The van der Waals surface area contributed by atoms with Gasteiger partial charge in [-0.3, -0.25) is 9.59 Å². The highest BCUT2D eigenvalue weighted by molar-refractivity contribution is 5.76. The summed E-state index contributed by atoms with van der Waals surface area (Å²) in [5.41, 5.74) is 0. The zero-order valence-electron chi connectivity index (χ0n) is 56.0. The number of unbranched alkanes of at least 4 members (excludes halogenated alkanes) is 61. The van der Waals surface area contributed by atoms with Crippen molar-refractivity contribution in [1.82, 2.24) is 5.32 Å². The van der Waals surface area contributed by atoms with Crippen LogP contribution in [0.5, 0.6) is 0 Å². The van der Waals surface area contributed by atoms with Crippen LogP contribution in [0.2, 0.25) is 0 Å². The number of aliphatic hydroxyl groups excluding tert-OH is 2. The lowest BCUT2D eigenvalue weighted by atomic mass is 10.0. The molecule has 2 atom stereocenters. The highest BCUT2D eigenvalue weighted by atomic mass is 16.5. The standard InChI is InChI=1S/C76H149NO5/c1-3-5-7-9-11-13-15-16-17-18-19-33-36-39-42-45-49-52-56-60-64-68-74(79)73(72-78)77-75(80)69-65-61-57-53-50-46-43-40-37-34-31-29-27-25-23-21-20-22-24-26-28-30-32-35-38-41-44-47-51-55-59-63-67-71-82-76(81)70-66-62-58-54-48-14-12-10-8-6-4-2/h64,68,73-74,78-79H,3-63,65-67,69-72H2,1-2H3,(H,77,80)/b68-64+. The Hall–Kier alpha value is -1.40. The van der Waals surface area contributed by atoms with E-state index >= 15 is 0 Å². The average molecular weight is 1160 g/mol. The Labute approximate surface area is 514 Å². The molecule has 0 saturated heterocycles. The summed E-state index contributed by atoms with van der Waals surface area (Å²) in [5, 5.41) is 23.3. The summed E-state index contributed by atoms with van der Waals surface area (Å²) in [4.78, 5) is 24.6. The van der Waals surface area contributed by atoms with E-state index in [2.05, 4.69) is 19.2 Å². The van der Waals surface area contributed by atoms with Crippen molar-refractivity contribution < 1.29 is 24.5 Å². The fourth-order valence-corrected chi connectivity index (χ4v) is 12.3. The van der Waals surface area contributed by atoms with Gasteiger partial charge in [0, 0.05) is 12.8 Å². The molecule has 0 aliphatic carbocycles.